The summed E-state index contributed by atoms with van der Waals surface area (Å²) in [7, 11) is 0. The molecule has 0 radical (unpaired) electrons. The molecule has 1 unspecified atom stereocenters. The molecule has 0 N–H and O–H groups in total. The predicted molar refractivity (Wildman–Crippen MR) is 78.2 cm³/mol. The summed E-state index contributed by atoms with van der Waals surface area (Å²) < 4.78 is 58.0. The van der Waals surface area contributed by atoms with Crippen molar-refractivity contribution in [3.05, 3.63) is 59.3 Å². The maximum atomic E-state index is 13.3. The molecule has 9 heteroatoms. The van der Waals surface area contributed by atoms with E-state index in [1.54, 1.807) is 24.3 Å². The van der Waals surface area contributed by atoms with Crippen molar-refractivity contribution in [2.45, 2.75) is 12.3 Å². The van der Waals surface area contributed by atoms with Crippen molar-refractivity contribution in [2.24, 2.45) is 0 Å². The first kappa shape index (κ1) is 16.4. The molecule has 0 aliphatic rings. The van der Waals surface area contributed by atoms with Crippen LogP contribution in [0.1, 0.15) is 11.7 Å². The minimum absolute atomic E-state index is 0.315. The number of hydrogen-bond acceptors (Lipinski definition) is 4. The Hall–Kier alpha value is -2.48. The van der Waals surface area contributed by atoms with Crippen LogP contribution in [0.3, 0.4) is 0 Å². The summed E-state index contributed by atoms with van der Waals surface area (Å²) in [5, 5.41) is -0.327. The second-order valence-electron chi connectivity index (χ2n) is 4.78. The monoisotopic (exact) mass is 357 g/mol. The zero-order chi connectivity index (χ0) is 17.3. The van der Waals surface area contributed by atoms with Gasteiger partial charge in [0.1, 0.15) is 5.82 Å². The number of nitrogens with zero attached hydrogens (tertiary/aromatic N) is 3. The molecule has 1 aromatic carbocycles. The molecule has 0 saturated carbocycles. The number of rotatable bonds is 3. The zero-order valence-electron chi connectivity index (χ0n) is 11.8. The van der Waals surface area contributed by atoms with Crippen molar-refractivity contribution in [3.8, 4) is 5.88 Å². The smallest absolute Gasteiger partial charge is 0.429 e. The Kier molecular flexibility index (Phi) is 4.23. The Morgan fingerprint density at radius 2 is 1.71 bits per heavy atom. The number of aromatic nitrogens is 3. The zero-order valence-corrected chi connectivity index (χ0v) is 12.5. The Labute approximate surface area is 138 Å². The molecule has 0 amide bonds. The second-order valence-corrected chi connectivity index (χ2v) is 5.14. The molecule has 0 aliphatic heterocycles. The highest BCUT2D eigenvalue weighted by molar-refractivity contribution is 6.31. The SMILES string of the molecule is Fc1cncc(C(Oc2nc3ccccc3nc2Cl)C(F)(F)F)c1. The topological polar surface area (TPSA) is 47.9 Å². The number of ether oxygens (including phenoxy) is 1. The Bertz CT molecular complexity index is 888. The van der Waals surface area contributed by atoms with Crippen molar-refractivity contribution in [1.82, 2.24) is 15.0 Å². The molecule has 4 nitrogen and oxygen atoms in total. The molecule has 124 valence electrons. The van der Waals surface area contributed by atoms with Crippen LogP contribution in [0.2, 0.25) is 5.15 Å². The lowest BCUT2D eigenvalue weighted by molar-refractivity contribution is -0.198. The van der Waals surface area contributed by atoms with E-state index < -0.39 is 29.5 Å². The highest BCUT2D eigenvalue weighted by atomic mass is 35.5. The second kappa shape index (κ2) is 6.20. The van der Waals surface area contributed by atoms with E-state index in [0.29, 0.717) is 17.1 Å². The van der Waals surface area contributed by atoms with Gasteiger partial charge in [0.2, 0.25) is 6.10 Å². The Morgan fingerprint density at radius 1 is 1.04 bits per heavy atom. The summed E-state index contributed by atoms with van der Waals surface area (Å²) in [6.45, 7) is 0. The highest BCUT2D eigenvalue weighted by Crippen LogP contribution is 2.38. The van der Waals surface area contributed by atoms with Crippen LogP contribution >= 0.6 is 11.6 Å². The first-order chi connectivity index (χ1) is 11.3. The van der Waals surface area contributed by atoms with Crippen LogP contribution in [0, 0.1) is 5.82 Å². The van der Waals surface area contributed by atoms with Crippen molar-refractivity contribution < 1.29 is 22.3 Å². The van der Waals surface area contributed by atoms with Crippen LogP contribution in [0.4, 0.5) is 17.6 Å². The third kappa shape index (κ3) is 3.38. The van der Waals surface area contributed by atoms with Gasteiger partial charge in [-0.05, 0) is 18.2 Å². The van der Waals surface area contributed by atoms with Crippen LogP contribution in [0.25, 0.3) is 11.0 Å². The van der Waals surface area contributed by atoms with Crippen molar-refractivity contribution in [3.63, 3.8) is 0 Å². The average molecular weight is 358 g/mol. The summed E-state index contributed by atoms with van der Waals surface area (Å²) >= 11 is 5.86. The molecule has 0 bridgehead atoms. The molecule has 24 heavy (non-hydrogen) atoms. The molecule has 2 heterocycles. The first-order valence-corrected chi connectivity index (χ1v) is 6.98. The fourth-order valence-electron chi connectivity index (χ4n) is 2.04. The van der Waals surface area contributed by atoms with Crippen LogP contribution in [0.5, 0.6) is 5.88 Å². The predicted octanol–water partition coefficient (Wildman–Crippen LogP) is 4.50. The Balaban J connectivity index is 2.03. The van der Waals surface area contributed by atoms with E-state index in [2.05, 4.69) is 15.0 Å². The number of hydrogen-bond donors (Lipinski definition) is 0. The van der Waals surface area contributed by atoms with Gasteiger partial charge >= 0.3 is 6.18 Å². The Morgan fingerprint density at radius 3 is 2.33 bits per heavy atom. The van der Waals surface area contributed by atoms with E-state index in [1.807, 2.05) is 0 Å². The lowest BCUT2D eigenvalue weighted by Gasteiger charge is -2.21. The summed E-state index contributed by atoms with van der Waals surface area (Å²) in [4.78, 5) is 11.3. The largest absolute Gasteiger partial charge is 0.457 e. The quantitative estimate of drug-likeness (QED) is 0.648. The van der Waals surface area contributed by atoms with Gasteiger partial charge in [-0.15, -0.1) is 0 Å². The number of halogens is 5. The fraction of sp³-hybridized carbons (Fsp3) is 0.133. The van der Waals surface area contributed by atoms with Gasteiger partial charge in [-0.25, -0.2) is 14.4 Å². The van der Waals surface area contributed by atoms with Gasteiger partial charge in [-0.1, -0.05) is 23.7 Å². The molecule has 0 spiro atoms. The van der Waals surface area contributed by atoms with Crippen LogP contribution < -0.4 is 4.74 Å². The molecular formula is C15H8ClF4N3O. The van der Waals surface area contributed by atoms with Crippen LogP contribution in [-0.2, 0) is 0 Å². The van der Waals surface area contributed by atoms with Crippen LogP contribution in [-0.4, -0.2) is 21.1 Å². The summed E-state index contributed by atoms with van der Waals surface area (Å²) in [6, 6.07) is 7.18. The third-order valence-electron chi connectivity index (χ3n) is 3.05. The van der Waals surface area contributed by atoms with Gasteiger partial charge in [0, 0.05) is 11.8 Å². The normalized spacial score (nSPS) is 13.0. The number of fused-ring (bicyclic) bond motifs is 1. The van der Waals surface area contributed by atoms with Gasteiger partial charge < -0.3 is 4.74 Å². The van der Waals surface area contributed by atoms with E-state index in [9.17, 15) is 17.6 Å². The average Bonchev–Trinajstić information content (AvgIpc) is 2.51. The lowest BCUT2D eigenvalue weighted by Crippen LogP contribution is -2.27. The minimum atomic E-state index is -4.83. The van der Waals surface area contributed by atoms with Gasteiger partial charge in [0.25, 0.3) is 5.88 Å². The fourth-order valence-corrected chi connectivity index (χ4v) is 2.22. The molecule has 3 rings (SSSR count). The molecule has 2 aromatic heterocycles. The maximum Gasteiger partial charge on any atom is 0.429 e. The van der Waals surface area contributed by atoms with E-state index in [-0.39, 0.29) is 5.15 Å². The maximum absolute atomic E-state index is 13.3. The van der Waals surface area contributed by atoms with Crippen molar-refractivity contribution >= 4 is 22.6 Å². The summed E-state index contributed by atoms with van der Waals surface area (Å²) in [6.07, 6.45) is -5.65. The summed E-state index contributed by atoms with van der Waals surface area (Å²) in [5.41, 5.74) is 0.217. The van der Waals surface area contributed by atoms with E-state index >= 15 is 0 Å². The molecule has 0 aliphatic carbocycles. The molecule has 0 saturated heterocycles. The number of benzene rings is 1. The van der Waals surface area contributed by atoms with Crippen molar-refractivity contribution in [2.75, 3.05) is 0 Å². The summed E-state index contributed by atoms with van der Waals surface area (Å²) in [5.74, 6) is -1.41. The van der Waals surface area contributed by atoms with Gasteiger partial charge in [0.05, 0.1) is 17.2 Å². The van der Waals surface area contributed by atoms with E-state index in [4.69, 9.17) is 16.3 Å². The van der Waals surface area contributed by atoms with Gasteiger partial charge in [-0.3, -0.25) is 4.98 Å². The van der Waals surface area contributed by atoms with Crippen LogP contribution in [0.15, 0.2) is 42.7 Å². The molecule has 3 aromatic rings. The van der Waals surface area contributed by atoms with Gasteiger partial charge in [0.15, 0.2) is 5.15 Å². The molecule has 1 atom stereocenters. The van der Waals surface area contributed by atoms with E-state index in [0.717, 1.165) is 12.4 Å². The number of pyridine rings is 1. The standard InChI is InChI=1S/C15H8ClF4N3O/c16-13-14(23-11-4-2-1-3-10(11)22-13)24-12(15(18,19)20)8-5-9(17)7-21-6-8/h1-7,12H. The van der Waals surface area contributed by atoms with E-state index in [1.165, 1.54) is 0 Å². The van der Waals surface area contributed by atoms with Crippen molar-refractivity contribution in [1.29, 1.82) is 0 Å². The number of para-hydroxylation sites is 2. The highest BCUT2D eigenvalue weighted by Gasteiger charge is 2.44. The lowest BCUT2D eigenvalue weighted by atomic mass is 10.1. The third-order valence-corrected chi connectivity index (χ3v) is 3.30. The minimum Gasteiger partial charge on any atom is -0.457 e. The first-order valence-electron chi connectivity index (χ1n) is 6.60. The van der Waals surface area contributed by atoms with Gasteiger partial charge in [-0.2, -0.15) is 13.2 Å². The molecular weight excluding hydrogens is 350 g/mol. The molecule has 0 fully saturated rings. The number of alkyl halides is 3.